The molecule has 0 fully saturated rings. The van der Waals surface area contributed by atoms with Gasteiger partial charge in [0, 0.05) is 55.7 Å². The molecule has 1 amide bonds. The highest BCUT2D eigenvalue weighted by Gasteiger charge is 2.25. The molecule has 5 heterocycles. The van der Waals surface area contributed by atoms with Gasteiger partial charge < -0.3 is 20.3 Å². The molecular weight excluding hydrogens is 436 g/mol. The summed E-state index contributed by atoms with van der Waals surface area (Å²) in [4.78, 5) is 23.6. The van der Waals surface area contributed by atoms with Crippen molar-refractivity contribution in [1.82, 2.24) is 34.9 Å². The van der Waals surface area contributed by atoms with Crippen LogP contribution >= 0.6 is 11.3 Å². The van der Waals surface area contributed by atoms with E-state index in [0.29, 0.717) is 17.8 Å². The number of nitrogens with one attached hydrogen (secondary N) is 4. The van der Waals surface area contributed by atoms with Crippen molar-refractivity contribution < 1.29 is 4.79 Å². The van der Waals surface area contributed by atoms with Crippen molar-refractivity contribution in [3.63, 3.8) is 0 Å². The molecule has 0 atom stereocenters. The molecule has 10 heteroatoms. The maximum absolute atomic E-state index is 13.1. The smallest absolute Gasteiger partial charge is 0.268 e. The molecule has 9 nitrogen and oxygen atoms in total. The van der Waals surface area contributed by atoms with E-state index < -0.39 is 0 Å². The highest BCUT2D eigenvalue weighted by molar-refractivity contribution is 7.19. The number of rotatable bonds is 6. The molecule has 6 rings (SSSR count). The number of hydrogen-bond acceptors (Lipinski definition) is 6. The van der Waals surface area contributed by atoms with Gasteiger partial charge in [0.05, 0.1) is 23.0 Å². The van der Waals surface area contributed by atoms with Crippen LogP contribution in [0.5, 0.6) is 0 Å². The third-order valence-electron chi connectivity index (χ3n) is 6.24. The Bertz CT molecular complexity index is 1500. The summed E-state index contributed by atoms with van der Waals surface area (Å²) in [6.07, 6.45) is 5.01. The molecule has 0 spiro atoms. The van der Waals surface area contributed by atoms with E-state index in [2.05, 4.69) is 31.5 Å². The number of carbonyl (C=O) groups is 1. The van der Waals surface area contributed by atoms with Crippen LogP contribution < -0.4 is 5.32 Å². The molecule has 4 aromatic heterocycles. The van der Waals surface area contributed by atoms with E-state index in [1.807, 2.05) is 31.4 Å². The van der Waals surface area contributed by atoms with E-state index in [-0.39, 0.29) is 5.91 Å². The third kappa shape index (κ3) is 3.26. The summed E-state index contributed by atoms with van der Waals surface area (Å²) in [7, 11) is 1.84. The van der Waals surface area contributed by atoms with Gasteiger partial charge in [-0.3, -0.25) is 14.8 Å². The average Bonchev–Trinajstić information content (AvgIpc) is 3.60. The molecule has 0 aliphatic carbocycles. The highest BCUT2D eigenvalue weighted by Crippen LogP contribution is 2.32. The van der Waals surface area contributed by atoms with E-state index in [0.717, 1.165) is 51.5 Å². The number of nitrogens with zero attached hydrogens (tertiary/aromatic N) is 4. The fourth-order valence-corrected chi connectivity index (χ4v) is 5.78. The number of amides is 1. The minimum absolute atomic E-state index is 0.221. The topological polar surface area (TPSA) is 118 Å². The summed E-state index contributed by atoms with van der Waals surface area (Å²) in [6.45, 7) is 2.91. The molecule has 166 valence electrons. The third-order valence-corrected chi connectivity index (χ3v) is 7.31. The van der Waals surface area contributed by atoms with Gasteiger partial charge in [0.15, 0.2) is 5.65 Å². The lowest BCUT2D eigenvalue weighted by molar-refractivity contribution is 0.0943. The lowest BCUT2D eigenvalue weighted by Crippen LogP contribution is -2.26. The van der Waals surface area contributed by atoms with Crippen LogP contribution in [0.4, 0.5) is 0 Å². The van der Waals surface area contributed by atoms with Crippen LogP contribution in [0.25, 0.3) is 21.3 Å². The first-order chi connectivity index (χ1) is 16.1. The summed E-state index contributed by atoms with van der Waals surface area (Å²) < 4.78 is 2.68. The van der Waals surface area contributed by atoms with Crippen molar-refractivity contribution in [2.45, 2.75) is 26.2 Å². The highest BCUT2D eigenvalue weighted by atomic mass is 32.1. The van der Waals surface area contributed by atoms with Crippen molar-refractivity contribution in [3.8, 4) is 0 Å². The first-order valence-electron chi connectivity index (χ1n) is 10.7. The van der Waals surface area contributed by atoms with Crippen LogP contribution in [0.3, 0.4) is 0 Å². The monoisotopic (exact) mass is 458 g/mol. The number of aryl methyl sites for hydroxylation is 1. The minimum atomic E-state index is -0.221. The number of H-pyrrole nitrogens is 2. The maximum atomic E-state index is 13.1. The zero-order valence-corrected chi connectivity index (χ0v) is 18.8. The fraction of sp³-hybridized carbons (Fsp3) is 0.217. The number of aromatic amines is 2. The molecule has 4 N–H and O–H groups in total. The predicted octanol–water partition coefficient (Wildman–Crippen LogP) is 3.28. The van der Waals surface area contributed by atoms with Crippen LogP contribution in [0.15, 0.2) is 36.7 Å². The molecule has 5 aromatic rings. The fourth-order valence-electron chi connectivity index (χ4n) is 4.63. The van der Waals surface area contributed by atoms with E-state index in [4.69, 9.17) is 10.4 Å². The van der Waals surface area contributed by atoms with E-state index in [1.54, 1.807) is 22.1 Å². The Hall–Kier alpha value is -3.76. The van der Waals surface area contributed by atoms with Crippen molar-refractivity contribution in [3.05, 3.63) is 69.7 Å². The Balaban J connectivity index is 1.24. The first kappa shape index (κ1) is 19.9. The van der Waals surface area contributed by atoms with Gasteiger partial charge in [-0.15, -0.1) is 11.3 Å². The average molecular weight is 459 g/mol. The van der Waals surface area contributed by atoms with Crippen LogP contribution in [0, 0.1) is 5.41 Å². The zero-order chi connectivity index (χ0) is 22.5. The van der Waals surface area contributed by atoms with Gasteiger partial charge in [0.25, 0.3) is 5.91 Å². The zero-order valence-electron chi connectivity index (χ0n) is 18.0. The molecule has 0 saturated heterocycles. The number of carbonyl (C=O) groups excluding carboxylic acids is 1. The van der Waals surface area contributed by atoms with E-state index in [1.165, 1.54) is 17.5 Å². The predicted molar refractivity (Wildman–Crippen MR) is 127 cm³/mol. The second-order valence-electron chi connectivity index (χ2n) is 8.28. The van der Waals surface area contributed by atoms with Crippen molar-refractivity contribution in [2.24, 2.45) is 7.05 Å². The van der Waals surface area contributed by atoms with Crippen molar-refractivity contribution in [1.29, 1.82) is 5.41 Å². The normalized spacial score (nSPS) is 13.7. The maximum Gasteiger partial charge on any atom is 0.268 e. The Morgan fingerprint density at radius 1 is 1.33 bits per heavy atom. The molecule has 1 aliphatic rings. The lowest BCUT2D eigenvalue weighted by Gasteiger charge is -2.12. The largest absolute Gasteiger partial charge is 0.364 e. The van der Waals surface area contributed by atoms with Gasteiger partial charge in [-0.2, -0.15) is 5.10 Å². The van der Waals surface area contributed by atoms with Gasteiger partial charge in [0.1, 0.15) is 10.7 Å². The minimum Gasteiger partial charge on any atom is -0.364 e. The summed E-state index contributed by atoms with van der Waals surface area (Å²) >= 11 is 1.56. The number of benzene rings is 1. The molecule has 1 aliphatic heterocycles. The van der Waals surface area contributed by atoms with Crippen molar-refractivity contribution >= 4 is 44.7 Å². The standard InChI is InChI=1S/C23H22N8OS/c1-30-20(23(32)26-8-13-3-2-4-17-16(13)9-27-29-17)15(7-24)21-22(30)28-19(33-21)12-31-10-14-5-6-25-18(14)11-31/h2-7,9,24-25H,8,10-12H2,1H3,(H,26,32)(H,27,29). The summed E-state index contributed by atoms with van der Waals surface area (Å²) in [5, 5.41) is 20.0. The molecular formula is C23H22N8OS. The van der Waals surface area contributed by atoms with Gasteiger partial charge >= 0.3 is 0 Å². The molecule has 0 saturated carbocycles. The van der Waals surface area contributed by atoms with Crippen LogP contribution in [0.1, 0.15) is 37.9 Å². The Morgan fingerprint density at radius 3 is 3.09 bits per heavy atom. The summed E-state index contributed by atoms with van der Waals surface area (Å²) in [5.41, 5.74) is 6.33. The molecule has 0 unspecified atom stereocenters. The van der Waals surface area contributed by atoms with E-state index in [9.17, 15) is 4.79 Å². The Morgan fingerprint density at radius 2 is 2.24 bits per heavy atom. The van der Waals surface area contributed by atoms with Crippen molar-refractivity contribution in [2.75, 3.05) is 0 Å². The van der Waals surface area contributed by atoms with Gasteiger partial charge in [-0.25, -0.2) is 4.98 Å². The molecule has 1 aromatic carbocycles. The summed E-state index contributed by atoms with van der Waals surface area (Å²) in [6, 6.07) is 7.99. The first-order valence-corrected chi connectivity index (χ1v) is 11.5. The summed E-state index contributed by atoms with van der Waals surface area (Å²) in [5.74, 6) is -0.221. The van der Waals surface area contributed by atoms with Gasteiger partial charge in [0.2, 0.25) is 0 Å². The second-order valence-corrected chi connectivity index (χ2v) is 9.37. The molecule has 33 heavy (non-hydrogen) atoms. The Labute approximate surface area is 192 Å². The second kappa shape index (κ2) is 7.68. The number of fused-ring (bicyclic) bond motifs is 3. The van der Waals surface area contributed by atoms with Gasteiger partial charge in [-0.1, -0.05) is 12.1 Å². The van der Waals surface area contributed by atoms with Crippen LogP contribution in [0.2, 0.25) is 0 Å². The molecule has 0 bridgehead atoms. The SMILES string of the molecule is Cn1c(C(=O)NCc2cccc3[nH]ncc23)c(C=N)c2sc(CN3Cc4cc[nH]c4C3)nc21. The number of aromatic nitrogens is 5. The number of hydrogen-bond donors (Lipinski definition) is 4. The molecule has 0 radical (unpaired) electrons. The quantitative estimate of drug-likeness (QED) is 0.292. The van der Waals surface area contributed by atoms with Crippen LogP contribution in [-0.2, 0) is 33.2 Å². The Kier molecular flexibility index (Phi) is 4.63. The van der Waals surface area contributed by atoms with E-state index >= 15 is 0 Å². The lowest BCUT2D eigenvalue weighted by atomic mass is 10.1. The number of thiazole rings is 1. The van der Waals surface area contributed by atoms with Crippen LogP contribution in [-0.4, -0.2) is 41.8 Å². The van der Waals surface area contributed by atoms with Gasteiger partial charge in [-0.05, 0) is 23.3 Å².